The van der Waals surface area contributed by atoms with Gasteiger partial charge >= 0.3 is 0 Å². The van der Waals surface area contributed by atoms with Gasteiger partial charge in [0.25, 0.3) is 0 Å². The average Bonchev–Trinajstić information content (AvgIpc) is 3.18. The zero-order valence-electron chi connectivity index (χ0n) is 14.0. The molecule has 0 N–H and O–H groups in total. The van der Waals surface area contributed by atoms with Crippen molar-refractivity contribution in [2.75, 3.05) is 0 Å². The molecule has 0 amide bonds. The molecule has 0 radical (unpaired) electrons. The monoisotopic (exact) mass is 344 g/mol. The van der Waals surface area contributed by atoms with Crippen LogP contribution in [0, 0.1) is 13.8 Å². The maximum atomic E-state index is 12.9. The summed E-state index contributed by atoms with van der Waals surface area (Å²) in [5.41, 5.74) is 2.96. The SMILES string of the molecule is CCn1ccnc1CS(=O)(=O)c1nccn1-c1cccc(C)c1C. The highest BCUT2D eigenvalue weighted by molar-refractivity contribution is 7.90. The van der Waals surface area contributed by atoms with Crippen LogP contribution in [0.5, 0.6) is 0 Å². The summed E-state index contributed by atoms with van der Waals surface area (Å²) in [4.78, 5) is 8.27. The van der Waals surface area contributed by atoms with Crippen LogP contribution in [0.4, 0.5) is 0 Å². The van der Waals surface area contributed by atoms with E-state index in [2.05, 4.69) is 9.97 Å². The van der Waals surface area contributed by atoms with Crippen molar-refractivity contribution in [2.45, 2.75) is 38.2 Å². The minimum Gasteiger partial charge on any atom is -0.334 e. The number of imidazole rings is 2. The van der Waals surface area contributed by atoms with Crippen molar-refractivity contribution in [1.82, 2.24) is 19.1 Å². The third-order valence-corrected chi connectivity index (χ3v) is 5.68. The minimum atomic E-state index is -3.61. The molecule has 2 aromatic heterocycles. The first kappa shape index (κ1) is 16.4. The Kier molecular flexibility index (Phi) is 4.28. The van der Waals surface area contributed by atoms with E-state index >= 15 is 0 Å². The first-order valence-electron chi connectivity index (χ1n) is 7.76. The highest BCUT2D eigenvalue weighted by atomic mass is 32.2. The molecule has 0 aliphatic rings. The lowest BCUT2D eigenvalue weighted by molar-refractivity contribution is 0.579. The van der Waals surface area contributed by atoms with Crippen molar-refractivity contribution in [2.24, 2.45) is 0 Å². The molecule has 126 valence electrons. The number of aromatic nitrogens is 4. The van der Waals surface area contributed by atoms with E-state index in [9.17, 15) is 8.42 Å². The molecule has 7 heteroatoms. The van der Waals surface area contributed by atoms with E-state index in [0.29, 0.717) is 12.4 Å². The lowest BCUT2D eigenvalue weighted by atomic mass is 10.1. The second kappa shape index (κ2) is 6.24. The molecule has 0 aliphatic carbocycles. The van der Waals surface area contributed by atoms with Gasteiger partial charge in [-0.1, -0.05) is 12.1 Å². The molecule has 3 rings (SSSR count). The quantitative estimate of drug-likeness (QED) is 0.713. The van der Waals surface area contributed by atoms with Crippen molar-refractivity contribution in [3.63, 3.8) is 0 Å². The van der Waals surface area contributed by atoms with Crippen LogP contribution in [0.1, 0.15) is 23.9 Å². The Hall–Kier alpha value is -2.41. The van der Waals surface area contributed by atoms with Gasteiger partial charge in [-0.25, -0.2) is 18.4 Å². The number of sulfone groups is 1. The Morgan fingerprint density at radius 1 is 1.08 bits per heavy atom. The number of aryl methyl sites for hydroxylation is 2. The summed E-state index contributed by atoms with van der Waals surface area (Å²) < 4.78 is 29.2. The zero-order chi connectivity index (χ0) is 17.3. The molecule has 0 bridgehead atoms. The van der Waals surface area contributed by atoms with E-state index in [-0.39, 0.29) is 10.9 Å². The molecule has 1 aromatic carbocycles. The van der Waals surface area contributed by atoms with Crippen LogP contribution in [0.3, 0.4) is 0 Å². The van der Waals surface area contributed by atoms with E-state index in [1.807, 2.05) is 43.5 Å². The van der Waals surface area contributed by atoms with E-state index in [4.69, 9.17) is 0 Å². The summed E-state index contributed by atoms with van der Waals surface area (Å²) in [7, 11) is -3.61. The Labute approximate surface area is 141 Å². The van der Waals surface area contributed by atoms with Crippen molar-refractivity contribution >= 4 is 9.84 Å². The van der Waals surface area contributed by atoms with Crippen molar-refractivity contribution < 1.29 is 8.42 Å². The van der Waals surface area contributed by atoms with Crippen LogP contribution in [0.15, 0.2) is 48.1 Å². The molecule has 0 atom stereocenters. The van der Waals surface area contributed by atoms with E-state index in [1.165, 1.54) is 6.20 Å². The van der Waals surface area contributed by atoms with Crippen molar-refractivity contribution in [1.29, 1.82) is 0 Å². The van der Waals surface area contributed by atoms with Gasteiger partial charge in [-0.3, -0.25) is 4.57 Å². The summed E-state index contributed by atoms with van der Waals surface area (Å²) in [5.74, 6) is 0.350. The molecular weight excluding hydrogens is 324 g/mol. The fraction of sp³-hybridized carbons (Fsp3) is 0.294. The van der Waals surface area contributed by atoms with Crippen LogP contribution in [0.2, 0.25) is 0 Å². The predicted molar refractivity (Wildman–Crippen MR) is 91.8 cm³/mol. The molecule has 0 unspecified atom stereocenters. The highest BCUT2D eigenvalue weighted by Gasteiger charge is 2.24. The molecule has 0 saturated carbocycles. The summed E-state index contributed by atoms with van der Waals surface area (Å²) in [5, 5.41) is 0.0434. The molecule has 6 nitrogen and oxygen atoms in total. The molecule has 24 heavy (non-hydrogen) atoms. The lowest BCUT2D eigenvalue weighted by Gasteiger charge is -2.13. The lowest BCUT2D eigenvalue weighted by Crippen LogP contribution is -2.15. The Bertz CT molecular complexity index is 970. The van der Waals surface area contributed by atoms with Gasteiger partial charge < -0.3 is 4.57 Å². The van der Waals surface area contributed by atoms with Crippen LogP contribution in [-0.4, -0.2) is 27.5 Å². The van der Waals surface area contributed by atoms with E-state index in [1.54, 1.807) is 23.2 Å². The van der Waals surface area contributed by atoms with Gasteiger partial charge in [-0.05, 0) is 38.0 Å². The van der Waals surface area contributed by atoms with Gasteiger partial charge in [-0.15, -0.1) is 0 Å². The molecular formula is C17H20N4O2S. The zero-order valence-corrected chi connectivity index (χ0v) is 14.8. The number of benzene rings is 1. The fourth-order valence-corrected chi connectivity index (χ4v) is 4.09. The Morgan fingerprint density at radius 3 is 2.58 bits per heavy atom. The Balaban J connectivity index is 2.05. The normalized spacial score (nSPS) is 11.8. The van der Waals surface area contributed by atoms with Gasteiger partial charge in [0, 0.05) is 31.3 Å². The Morgan fingerprint density at radius 2 is 1.83 bits per heavy atom. The number of nitrogens with zero attached hydrogens (tertiary/aromatic N) is 4. The molecule has 0 aliphatic heterocycles. The minimum absolute atomic E-state index is 0.0434. The van der Waals surface area contributed by atoms with E-state index in [0.717, 1.165) is 16.8 Å². The summed E-state index contributed by atoms with van der Waals surface area (Å²) >= 11 is 0. The standard InChI is InChI=1S/C17H20N4O2S/c1-4-20-10-8-18-16(20)12-24(22,23)17-19-9-11-21(17)15-7-5-6-13(2)14(15)3/h5-11H,4,12H2,1-3H3. The van der Waals surface area contributed by atoms with Crippen molar-refractivity contribution in [3.8, 4) is 5.69 Å². The smallest absolute Gasteiger partial charge is 0.232 e. The van der Waals surface area contributed by atoms with Crippen LogP contribution >= 0.6 is 0 Å². The molecule has 0 spiro atoms. The number of rotatable bonds is 5. The van der Waals surface area contributed by atoms with Gasteiger partial charge in [-0.2, -0.15) is 0 Å². The second-order valence-electron chi connectivity index (χ2n) is 5.69. The topological polar surface area (TPSA) is 69.8 Å². The number of hydrogen-bond donors (Lipinski definition) is 0. The summed E-state index contributed by atoms with van der Waals surface area (Å²) in [6.45, 7) is 6.61. The van der Waals surface area contributed by atoms with Gasteiger partial charge in [0.15, 0.2) is 0 Å². The van der Waals surface area contributed by atoms with Gasteiger partial charge in [0.1, 0.15) is 11.6 Å². The average molecular weight is 344 g/mol. The summed E-state index contributed by atoms with van der Waals surface area (Å²) in [6, 6.07) is 5.82. The third-order valence-electron chi connectivity index (χ3n) is 4.18. The molecule has 2 heterocycles. The fourth-order valence-electron chi connectivity index (χ4n) is 2.70. The van der Waals surface area contributed by atoms with Gasteiger partial charge in [0.05, 0.1) is 5.69 Å². The molecule has 0 saturated heterocycles. The third kappa shape index (κ3) is 2.87. The maximum absolute atomic E-state index is 12.9. The first-order valence-corrected chi connectivity index (χ1v) is 9.42. The first-order chi connectivity index (χ1) is 11.4. The number of hydrogen-bond acceptors (Lipinski definition) is 4. The van der Waals surface area contributed by atoms with Crippen LogP contribution in [-0.2, 0) is 22.1 Å². The van der Waals surface area contributed by atoms with Crippen LogP contribution in [0.25, 0.3) is 5.69 Å². The van der Waals surface area contributed by atoms with E-state index < -0.39 is 9.84 Å². The predicted octanol–water partition coefficient (Wildman–Crippen LogP) is 2.68. The maximum Gasteiger partial charge on any atom is 0.232 e. The largest absolute Gasteiger partial charge is 0.334 e. The van der Waals surface area contributed by atoms with Crippen molar-refractivity contribution in [3.05, 3.63) is 59.9 Å². The highest BCUT2D eigenvalue weighted by Crippen LogP contribution is 2.22. The summed E-state index contributed by atoms with van der Waals surface area (Å²) in [6.07, 6.45) is 6.59. The van der Waals surface area contributed by atoms with Crippen LogP contribution < -0.4 is 0 Å². The molecule has 0 fully saturated rings. The van der Waals surface area contributed by atoms with Gasteiger partial charge in [0.2, 0.25) is 15.0 Å². The molecule has 3 aromatic rings. The second-order valence-corrected chi connectivity index (χ2v) is 7.57.